The van der Waals surface area contributed by atoms with E-state index in [-0.39, 0.29) is 5.91 Å². The summed E-state index contributed by atoms with van der Waals surface area (Å²) in [5.41, 5.74) is 3.26. The number of nitrogens with zero attached hydrogens (tertiary/aromatic N) is 4. The van der Waals surface area contributed by atoms with Crippen LogP contribution in [0.5, 0.6) is 5.75 Å². The molecule has 0 spiro atoms. The van der Waals surface area contributed by atoms with Crippen LogP contribution in [0.1, 0.15) is 38.8 Å². The Kier molecular flexibility index (Phi) is 5.79. The van der Waals surface area contributed by atoms with Crippen molar-refractivity contribution in [3.05, 3.63) is 89.0 Å². The first kappa shape index (κ1) is 20.3. The number of imidazole rings is 1. The first-order valence-electron chi connectivity index (χ1n) is 9.89. The van der Waals surface area contributed by atoms with Gasteiger partial charge in [0, 0.05) is 30.7 Å². The van der Waals surface area contributed by atoms with Crippen molar-refractivity contribution in [1.82, 2.24) is 25.0 Å². The zero-order chi connectivity index (χ0) is 21.8. The summed E-state index contributed by atoms with van der Waals surface area (Å²) in [6.07, 6.45) is 5.31. The van der Waals surface area contributed by atoms with Crippen LogP contribution < -0.4 is 10.1 Å². The quantitative estimate of drug-likeness (QED) is 0.493. The van der Waals surface area contributed by atoms with Crippen molar-refractivity contribution in [1.29, 1.82) is 0 Å². The molecule has 158 valence electrons. The van der Waals surface area contributed by atoms with Gasteiger partial charge in [-0.25, -0.2) is 9.97 Å². The van der Waals surface area contributed by atoms with Crippen molar-refractivity contribution in [2.24, 2.45) is 0 Å². The molecule has 0 fully saturated rings. The van der Waals surface area contributed by atoms with E-state index in [1.54, 1.807) is 36.7 Å². The molecule has 1 N–H and O–H groups in total. The van der Waals surface area contributed by atoms with Crippen molar-refractivity contribution in [3.8, 4) is 11.6 Å². The van der Waals surface area contributed by atoms with Gasteiger partial charge >= 0.3 is 0 Å². The Morgan fingerprint density at radius 2 is 1.90 bits per heavy atom. The number of benzene rings is 1. The molecule has 1 amide bonds. The third-order valence-electron chi connectivity index (χ3n) is 5.02. The van der Waals surface area contributed by atoms with E-state index in [0.717, 1.165) is 34.2 Å². The Hall–Kier alpha value is -3.94. The van der Waals surface area contributed by atoms with Crippen molar-refractivity contribution in [3.63, 3.8) is 0 Å². The van der Waals surface area contributed by atoms with Crippen molar-refractivity contribution in [2.75, 3.05) is 0 Å². The first-order chi connectivity index (χ1) is 15.0. The van der Waals surface area contributed by atoms with Gasteiger partial charge < -0.3 is 14.6 Å². The van der Waals surface area contributed by atoms with E-state index in [0.29, 0.717) is 24.5 Å². The highest BCUT2D eigenvalue weighted by atomic mass is 16.5. The van der Waals surface area contributed by atoms with Crippen LogP contribution in [0.15, 0.2) is 59.5 Å². The fraction of sp³-hybridized carbons (Fsp3) is 0.217. The largest absolute Gasteiger partial charge is 0.489 e. The fourth-order valence-corrected chi connectivity index (χ4v) is 3.17. The zero-order valence-electron chi connectivity index (χ0n) is 17.6. The number of hydrogen-bond acceptors (Lipinski definition) is 6. The molecule has 0 aliphatic carbocycles. The number of carbonyl (C=O) groups is 1. The SMILES string of the molecule is Cc1noc(C)c1COc1ccc(C(=O)NCc2ccnc(-n3ccnc3C)c2)cc1. The van der Waals surface area contributed by atoms with E-state index in [1.165, 1.54) is 0 Å². The molecule has 1 aromatic carbocycles. The maximum atomic E-state index is 12.5. The Morgan fingerprint density at radius 3 is 2.58 bits per heavy atom. The lowest BCUT2D eigenvalue weighted by atomic mass is 10.2. The molecule has 8 heteroatoms. The lowest BCUT2D eigenvalue weighted by Gasteiger charge is -2.09. The minimum atomic E-state index is -0.158. The van der Waals surface area contributed by atoms with E-state index >= 15 is 0 Å². The molecule has 31 heavy (non-hydrogen) atoms. The standard InChI is InChI=1S/C23H23N5O3/c1-15-21(16(2)31-27-15)14-30-20-6-4-19(5-7-20)23(29)26-13-18-8-9-25-22(12-18)28-11-10-24-17(28)3/h4-12H,13-14H2,1-3H3,(H,26,29). The summed E-state index contributed by atoms with van der Waals surface area (Å²) in [5, 5.41) is 6.86. The van der Waals surface area contributed by atoms with Gasteiger partial charge in [-0.3, -0.25) is 9.36 Å². The van der Waals surface area contributed by atoms with Crippen LogP contribution in [0.25, 0.3) is 5.82 Å². The summed E-state index contributed by atoms with van der Waals surface area (Å²) in [7, 11) is 0. The number of pyridine rings is 1. The van der Waals surface area contributed by atoms with Gasteiger partial charge in [0.15, 0.2) is 0 Å². The van der Waals surface area contributed by atoms with Gasteiger partial charge in [0.25, 0.3) is 5.91 Å². The summed E-state index contributed by atoms with van der Waals surface area (Å²) in [6.45, 7) is 6.41. The molecule has 3 aromatic heterocycles. The second-order valence-corrected chi connectivity index (χ2v) is 7.17. The molecule has 0 bridgehead atoms. The number of ether oxygens (including phenoxy) is 1. The highest BCUT2D eigenvalue weighted by molar-refractivity contribution is 5.94. The van der Waals surface area contributed by atoms with E-state index < -0.39 is 0 Å². The third-order valence-corrected chi connectivity index (χ3v) is 5.02. The number of aromatic nitrogens is 4. The lowest BCUT2D eigenvalue weighted by molar-refractivity contribution is 0.0951. The molecule has 4 rings (SSSR count). The Morgan fingerprint density at radius 1 is 1.10 bits per heavy atom. The van der Waals surface area contributed by atoms with E-state index in [9.17, 15) is 4.79 Å². The molecule has 0 atom stereocenters. The molecule has 3 heterocycles. The van der Waals surface area contributed by atoms with Crippen LogP contribution in [0.2, 0.25) is 0 Å². The van der Waals surface area contributed by atoms with Crippen LogP contribution in [-0.2, 0) is 13.2 Å². The topological polar surface area (TPSA) is 95.1 Å². The summed E-state index contributed by atoms with van der Waals surface area (Å²) >= 11 is 0. The summed E-state index contributed by atoms with van der Waals surface area (Å²) in [5.74, 6) is 2.88. The Balaban J connectivity index is 1.34. The molecule has 0 aliphatic heterocycles. The fourth-order valence-electron chi connectivity index (χ4n) is 3.17. The van der Waals surface area contributed by atoms with Crippen molar-refractivity contribution >= 4 is 5.91 Å². The van der Waals surface area contributed by atoms with Crippen LogP contribution in [0.4, 0.5) is 0 Å². The minimum Gasteiger partial charge on any atom is -0.489 e. The van der Waals surface area contributed by atoms with Crippen molar-refractivity contribution in [2.45, 2.75) is 33.9 Å². The second kappa shape index (κ2) is 8.83. The molecular weight excluding hydrogens is 394 g/mol. The molecule has 8 nitrogen and oxygen atoms in total. The molecule has 0 saturated heterocycles. The van der Waals surface area contributed by atoms with Gasteiger partial charge in [-0.15, -0.1) is 0 Å². The zero-order valence-corrected chi connectivity index (χ0v) is 17.6. The normalized spacial score (nSPS) is 10.8. The van der Waals surface area contributed by atoms with Gasteiger partial charge in [-0.2, -0.15) is 0 Å². The maximum Gasteiger partial charge on any atom is 0.251 e. The number of hydrogen-bond donors (Lipinski definition) is 1. The highest BCUT2D eigenvalue weighted by Crippen LogP contribution is 2.18. The van der Waals surface area contributed by atoms with Crippen LogP contribution in [0, 0.1) is 20.8 Å². The van der Waals surface area contributed by atoms with Crippen LogP contribution >= 0.6 is 0 Å². The minimum absolute atomic E-state index is 0.158. The highest BCUT2D eigenvalue weighted by Gasteiger charge is 2.11. The molecule has 4 aromatic rings. The summed E-state index contributed by atoms with van der Waals surface area (Å²) in [4.78, 5) is 21.1. The molecule has 0 unspecified atom stereocenters. The number of aryl methyl sites for hydroxylation is 3. The van der Waals surface area contributed by atoms with Gasteiger partial charge in [0.05, 0.1) is 11.3 Å². The van der Waals surface area contributed by atoms with E-state index in [4.69, 9.17) is 9.26 Å². The second-order valence-electron chi connectivity index (χ2n) is 7.17. The monoisotopic (exact) mass is 417 g/mol. The van der Waals surface area contributed by atoms with Gasteiger partial charge in [0.2, 0.25) is 0 Å². The van der Waals surface area contributed by atoms with Crippen molar-refractivity contribution < 1.29 is 14.1 Å². The first-order valence-corrected chi connectivity index (χ1v) is 9.89. The average Bonchev–Trinajstić information content (AvgIpc) is 3.36. The Labute approximate surface area is 179 Å². The van der Waals surface area contributed by atoms with Crippen LogP contribution in [-0.4, -0.2) is 25.6 Å². The molecular formula is C23H23N5O3. The number of carbonyl (C=O) groups excluding carboxylic acids is 1. The maximum absolute atomic E-state index is 12.5. The van der Waals surface area contributed by atoms with Gasteiger partial charge in [0.1, 0.15) is 29.8 Å². The number of amides is 1. The summed E-state index contributed by atoms with van der Waals surface area (Å²) < 4.78 is 12.8. The average molecular weight is 417 g/mol. The number of rotatable bonds is 7. The summed E-state index contributed by atoms with van der Waals surface area (Å²) in [6, 6.07) is 10.8. The lowest BCUT2D eigenvalue weighted by Crippen LogP contribution is -2.22. The van der Waals surface area contributed by atoms with Crippen LogP contribution in [0.3, 0.4) is 0 Å². The molecule has 0 radical (unpaired) electrons. The van der Waals surface area contributed by atoms with Gasteiger partial charge in [-0.1, -0.05) is 5.16 Å². The van der Waals surface area contributed by atoms with E-state index in [2.05, 4.69) is 20.4 Å². The molecule has 0 saturated carbocycles. The smallest absolute Gasteiger partial charge is 0.251 e. The number of nitrogens with one attached hydrogen (secondary N) is 1. The molecule has 0 aliphatic rings. The van der Waals surface area contributed by atoms with Gasteiger partial charge in [-0.05, 0) is 62.7 Å². The predicted molar refractivity (Wildman–Crippen MR) is 114 cm³/mol. The predicted octanol–water partition coefficient (Wildman–Crippen LogP) is 3.69. The Bertz CT molecular complexity index is 1170. The third kappa shape index (κ3) is 4.63. The van der Waals surface area contributed by atoms with E-state index in [1.807, 2.05) is 43.7 Å².